The quantitative estimate of drug-likeness (QED) is 0.178. The van der Waals surface area contributed by atoms with Gasteiger partial charge in [0.1, 0.15) is 12.2 Å². The number of oxime groups is 1. The summed E-state index contributed by atoms with van der Waals surface area (Å²) < 4.78 is 79.1. The number of piperidine rings is 1. The van der Waals surface area contributed by atoms with Crippen molar-refractivity contribution >= 4 is 6.21 Å². The fraction of sp³-hybridized carbons (Fsp3) is 0.367. The van der Waals surface area contributed by atoms with Gasteiger partial charge in [-0.25, -0.2) is 0 Å². The first-order chi connectivity index (χ1) is 18.9. The van der Waals surface area contributed by atoms with E-state index in [1.165, 1.54) is 24.3 Å². The Bertz CT molecular complexity index is 1200. The number of nitrogens with zero attached hydrogens (tertiary/aromatic N) is 2. The summed E-state index contributed by atoms with van der Waals surface area (Å²) in [5.41, 5.74) is -1.10. The average molecular weight is 565 g/mol. The minimum absolute atomic E-state index is 0.211. The second-order valence-electron chi connectivity index (χ2n) is 9.86. The van der Waals surface area contributed by atoms with Crippen LogP contribution in [0.1, 0.15) is 53.1 Å². The minimum Gasteiger partial charge on any atom is -0.396 e. The third-order valence-corrected chi connectivity index (χ3v) is 7.27. The van der Waals surface area contributed by atoms with Crippen LogP contribution in [0.25, 0.3) is 0 Å². The lowest BCUT2D eigenvalue weighted by atomic mass is 9.71. The van der Waals surface area contributed by atoms with Gasteiger partial charge in [-0.3, -0.25) is 4.90 Å². The number of likely N-dealkylation sites (tertiary alicyclic amines) is 1. The van der Waals surface area contributed by atoms with Crippen molar-refractivity contribution in [1.29, 1.82) is 0 Å². The number of alkyl halides is 6. The maximum absolute atomic E-state index is 13.2. The van der Waals surface area contributed by atoms with E-state index in [0.717, 1.165) is 35.4 Å². The van der Waals surface area contributed by atoms with E-state index in [0.29, 0.717) is 39.1 Å². The van der Waals surface area contributed by atoms with Crippen LogP contribution in [0.15, 0.2) is 78.0 Å². The molecular formula is C30H30F6N2O2. The molecule has 0 radical (unpaired) electrons. The van der Waals surface area contributed by atoms with Gasteiger partial charge in [0.2, 0.25) is 0 Å². The Morgan fingerprint density at radius 3 is 1.65 bits per heavy atom. The lowest BCUT2D eigenvalue weighted by Crippen LogP contribution is -2.44. The largest absolute Gasteiger partial charge is 0.416 e. The van der Waals surface area contributed by atoms with Gasteiger partial charge < -0.3 is 9.94 Å². The number of hydrogen-bond acceptors (Lipinski definition) is 4. The lowest BCUT2D eigenvalue weighted by molar-refractivity contribution is -0.138. The molecule has 1 aliphatic rings. The third-order valence-electron chi connectivity index (χ3n) is 7.27. The molecule has 4 rings (SSSR count). The van der Waals surface area contributed by atoms with E-state index < -0.39 is 35.0 Å². The van der Waals surface area contributed by atoms with Crippen LogP contribution in [0.5, 0.6) is 0 Å². The first kappa shape index (κ1) is 29.6. The van der Waals surface area contributed by atoms with Crippen LogP contribution < -0.4 is 0 Å². The van der Waals surface area contributed by atoms with Gasteiger partial charge in [0, 0.05) is 6.54 Å². The minimum atomic E-state index is -4.55. The fourth-order valence-corrected chi connectivity index (χ4v) is 5.11. The Labute approximate surface area is 228 Å². The van der Waals surface area contributed by atoms with Crippen molar-refractivity contribution in [2.75, 3.05) is 19.7 Å². The van der Waals surface area contributed by atoms with Crippen molar-refractivity contribution in [3.8, 4) is 0 Å². The Kier molecular flexibility index (Phi) is 8.90. The van der Waals surface area contributed by atoms with E-state index in [4.69, 9.17) is 4.84 Å². The molecule has 3 aromatic carbocycles. The fourth-order valence-electron chi connectivity index (χ4n) is 5.11. The predicted octanol–water partition coefficient (Wildman–Crippen LogP) is 7.24. The number of hydrogen-bond donors (Lipinski definition) is 1. The van der Waals surface area contributed by atoms with E-state index in [1.54, 1.807) is 6.21 Å². The van der Waals surface area contributed by atoms with Crippen molar-refractivity contribution in [3.05, 3.63) is 106 Å². The molecule has 1 aliphatic heterocycles. The zero-order valence-corrected chi connectivity index (χ0v) is 21.8. The van der Waals surface area contributed by atoms with Crippen molar-refractivity contribution < 1.29 is 36.3 Å². The maximum Gasteiger partial charge on any atom is 0.416 e. The molecule has 10 heteroatoms. The molecule has 0 unspecified atom stereocenters. The summed E-state index contributed by atoms with van der Waals surface area (Å²) in [6, 6.07) is 16.2. The van der Waals surface area contributed by atoms with E-state index in [-0.39, 0.29) is 11.1 Å². The normalized spacial score (nSPS) is 16.0. The summed E-state index contributed by atoms with van der Waals surface area (Å²) in [5.74, 6) is -0.422. The standard InChI is InChI=1S/C30H30F6N2O2/c1-2-40-37-19-21-3-5-22(6-4-21)20-38-17-15-25(16-18-38)28(39,23-7-11-26(12-8-23)29(31,32)33)24-9-13-27(14-10-24)30(34,35)36/h3-14,19,25,39H,2,15-18,20H2,1H3/b37-19+. The summed E-state index contributed by atoms with van der Waals surface area (Å²) in [6.45, 7) is 4.19. The van der Waals surface area contributed by atoms with Crippen molar-refractivity contribution in [1.82, 2.24) is 4.90 Å². The van der Waals surface area contributed by atoms with Crippen LogP contribution >= 0.6 is 0 Å². The second kappa shape index (κ2) is 12.0. The molecule has 0 aromatic heterocycles. The summed E-state index contributed by atoms with van der Waals surface area (Å²) >= 11 is 0. The molecule has 0 bridgehead atoms. The highest BCUT2D eigenvalue weighted by Crippen LogP contribution is 2.44. The Morgan fingerprint density at radius 1 is 0.775 bits per heavy atom. The molecule has 4 nitrogen and oxygen atoms in total. The van der Waals surface area contributed by atoms with Crippen molar-refractivity contribution in [2.24, 2.45) is 11.1 Å². The average Bonchev–Trinajstić information content (AvgIpc) is 2.93. The van der Waals surface area contributed by atoms with Gasteiger partial charge in [-0.2, -0.15) is 26.3 Å². The lowest BCUT2D eigenvalue weighted by Gasteiger charge is -2.42. The Hall–Kier alpha value is -3.37. The van der Waals surface area contributed by atoms with Gasteiger partial charge in [-0.15, -0.1) is 0 Å². The molecule has 0 atom stereocenters. The maximum atomic E-state index is 13.2. The molecule has 214 valence electrons. The van der Waals surface area contributed by atoms with Gasteiger partial charge >= 0.3 is 12.4 Å². The number of halogens is 6. The molecule has 0 saturated carbocycles. The highest BCUT2D eigenvalue weighted by Gasteiger charge is 2.43. The summed E-state index contributed by atoms with van der Waals surface area (Å²) in [6.07, 6.45) is -6.48. The second-order valence-corrected chi connectivity index (χ2v) is 9.86. The zero-order valence-electron chi connectivity index (χ0n) is 21.8. The molecule has 0 spiro atoms. The topological polar surface area (TPSA) is 45.1 Å². The van der Waals surface area contributed by atoms with Gasteiger partial charge in [-0.05, 0) is 85.3 Å². The molecule has 3 aromatic rings. The first-order valence-corrected chi connectivity index (χ1v) is 13.0. The van der Waals surface area contributed by atoms with E-state index >= 15 is 0 Å². The van der Waals surface area contributed by atoms with Crippen LogP contribution in [0, 0.1) is 5.92 Å². The highest BCUT2D eigenvalue weighted by atomic mass is 19.4. The first-order valence-electron chi connectivity index (χ1n) is 13.0. The smallest absolute Gasteiger partial charge is 0.396 e. The third kappa shape index (κ3) is 6.85. The SMILES string of the molecule is CCO/N=C/c1ccc(CN2CCC(C(O)(c3ccc(C(F)(F)F)cc3)c3ccc(C(F)(F)F)cc3)CC2)cc1. The van der Waals surface area contributed by atoms with Gasteiger partial charge in [-0.1, -0.05) is 53.7 Å². The van der Waals surface area contributed by atoms with Gasteiger partial charge in [0.05, 0.1) is 17.3 Å². The molecule has 0 amide bonds. The number of rotatable bonds is 8. The van der Waals surface area contributed by atoms with Crippen LogP contribution in [0.2, 0.25) is 0 Å². The van der Waals surface area contributed by atoms with Crippen LogP contribution in [-0.2, 0) is 29.3 Å². The van der Waals surface area contributed by atoms with Crippen LogP contribution in [0.3, 0.4) is 0 Å². The molecule has 1 heterocycles. The summed E-state index contributed by atoms with van der Waals surface area (Å²) in [7, 11) is 0. The van der Waals surface area contributed by atoms with Crippen LogP contribution in [-0.4, -0.2) is 35.9 Å². The zero-order chi connectivity index (χ0) is 29.0. The Balaban J connectivity index is 1.53. The monoisotopic (exact) mass is 564 g/mol. The molecule has 1 saturated heterocycles. The van der Waals surface area contributed by atoms with Crippen molar-refractivity contribution in [3.63, 3.8) is 0 Å². The summed E-state index contributed by atoms with van der Waals surface area (Å²) in [5, 5.41) is 15.9. The molecule has 1 N–H and O–H groups in total. The van der Waals surface area contributed by atoms with Crippen LogP contribution in [0.4, 0.5) is 26.3 Å². The van der Waals surface area contributed by atoms with Gasteiger partial charge in [0.25, 0.3) is 0 Å². The van der Waals surface area contributed by atoms with Crippen molar-refractivity contribution in [2.45, 2.75) is 44.3 Å². The molecular weight excluding hydrogens is 534 g/mol. The molecule has 0 aliphatic carbocycles. The summed E-state index contributed by atoms with van der Waals surface area (Å²) in [4.78, 5) is 7.18. The van der Waals surface area contributed by atoms with E-state index in [1.807, 2.05) is 31.2 Å². The van der Waals surface area contributed by atoms with E-state index in [2.05, 4.69) is 10.1 Å². The predicted molar refractivity (Wildman–Crippen MR) is 140 cm³/mol. The number of benzene rings is 3. The van der Waals surface area contributed by atoms with E-state index in [9.17, 15) is 31.4 Å². The number of aliphatic hydroxyl groups is 1. The highest BCUT2D eigenvalue weighted by molar-refractivity contribution is 5.79. The molecule has 1 fully saturated rings. The van der Waals surface area contributed by atoms with Gasteiger partial charge in [0.15, 0.2) is 0 Å². The molecule has 40 heavy (non-hydrogen) atoms. The Morgan fingerprint density at radius 2 is 1.23 bits per heavy atom.